The maximum absolute atomic E-state index is 11.8. The largest absolute Gasteiger partial charge is 0.394 e. The minimum Gasteiger partial charge on any atom is -0.394 e. The Balaban J connectivity index is 1.96. The lowest BCUT2D eigenvalue weighted by molar-refractivity contribution is 0.0799. The van der Waals surface area contributed by atoms with Crippen LogP contribution in [0.2, 0.25) is 0 Å². The van der Waals surface area contributed by atoms with Crippen molar-refractivity contribution in [3.63, 3.8) is 0 Å². The van der Waals surface area contributed by atoms with E-state index in [1.807, 2.05) is 31.2 Å². The number of thiazole rings is 1. The van der Waals surface area contributed by atoms with Gasteiger partial charge in [0, 0.05) is 17.6 Å². The number of aryl methyl sites for hydroxylation is 1. The van der Waals surface area contributed by atoms with Gasteiger partial charge in [-0.25, -0.2) is 4.98 Å². The average Bonchev–Trinajstić information content (AvgIpc) is 2.93. The summed E-state index contributed by atoms with van der Waals surface area (Å²) < 4.78 is 0. The van der Waals surface area contributed by atoms with Gasteiger partial charge in [-0.15, -0.1) is 11.3 Å². The van der Waals surface area contributed by atoms with E-state index in [9.17, 15) is 9.90 Å². The Labute approximate surface area is 126 Å². The molecule has 0 aliphatic carbocycles. The molecule has 7 heteroatoms. The first-order chi connectivity index (χ1) is 10.1. The molecule has 0 fully saturated rings. The standard InChI is InChI=1S/C14H17N3O3S/c1-9-3-2-4-10(5-9)16-14-17-12(8-21-14)13(20)15-6-11(19)7-18/h2-5,8,11,18-19H,6-7H2,1H3,(H,15,20)(H,16,17). The molecule has 0 aliphatic rings. The highest BCUT2D eigenvalue weighted by atomic mass is 32.1. The third-order valence-corrected chi connectivity index (χ3v) is 3.47. The Morgan fingerprint density at radius 1 is 1.48 bits per heavy atom. The van der Waals surface area contributed by atoms with Crippen molar-refractivity contribution in [2.45, 2.75) is 13.0 Å². The Morgan fingerprint density at radius 2 is 2.29 bits per heavy atom. The van der Waals surface area contributed by atoms with E-state index in [2.05, 4.69) is 15.6 Å². The van der Waals surface area contributed by atoms with Crippen molar-refractivity contribution < 1.29 is 15.0 Å². The van der Waals surface area contributed by atoms with E-state index in [-0.39, 0.29) is 18.1 Å². The smallest absolute Gasteiger partial charge is 0.270 e. The lowest BCUT2D eigenvalue weighted by Crippen LogP contribution is -2.34. The summed E-state index contributed by atoms with van der Waals surface area (Å²) in [6.07, 6.45) is -0.961. The molecule has 2 rings (SSSR count). The normalized spacial score (nSPS) is 12.0. The van der Waals surface area contributed by atoms with Crippen molar-refractivity contribution >= 4 is 28.1 Å². The SMILES string of the molecule is Cc1cccc(Nc2nc(C(=O)NCC(O)CO)cs2)c1. The molecule has 0 bridgehead atoms. The van der Waals surface area contributed by atoms with Gasteiger partial charge in [-0.05, 0) is 24.6 Å². The number of aliphatic hydroxyl groups is 2. The van der Waals surface area contributed by atoms with Crippen LogP contribution < -0.4 is 10.6 Å². The summed E-state index contributed by atoms with van der Waals surface area (Å²) in [5.74, 6) is -0.379. The number of aliphatic hydroxyl groups excluding tert-OH is 2. The highest BCUT2D eigenvalue weighted by Crippen LogP contribution is 2.21. The molecule has 1 heterocycles. The van der Waals surface area contributed by atoms with E-state index in [4.69, 9.17) is 5.11 Å². The fourth-order valence-electron chi connectivity index (χ4n) is 1.65. The molecule has 0 spiro atoms. The van der Waals surface area contributed by atoms with Gasteiger partial charge in [0.25, 0.3) is 5.91 Å². The fraction of sp³-hybridized carbons (Fsp3) is 0.286. The Kier molecular flexibility index (Phi) is 5.26. The number of nitrogens with one attached hydrogen (secondary N) is 2. The molecule has 1 amide bonds. The number of nitrogens with zero attached hydrogens (tertiary/aromatic N) is 1. The van der Waals surface area contributed by atoms with Crippen molar-refractivity contribution in [1.82, 2.24) is 10.3 Å². The molecule has 1 unspecified atom stereocenters. The summed E-state index contributed by atoms with van der Waals surface area (Å²) >= 11 is 1.32. The van der Waals surface area contributed by atoms with Gasteiger partial charge in [-0.1, -0.05) is 12.1 Å². The van der Waals surface area contributed by atoms with E-state index >= 15 is 0 Å². The summed E-state index contributed by atoms with van der Waals surface area (Å²) in [5, 5.41) is 25.8. The highest BCUT2D eigenvalue weighted by Gasteiger charge is 2.12. The molecular weight excluding hydrogens is 290 g/mol. The molecule has 1 aromatic heterocycles. The summed E-state index contributed by atoms with van der Waals surface area (Å²) in [6, 6.07) is 7.85. The van der Waals surface area contributed by atoms with Crippen molar-refractivity contribution in [2.24, 2.45) is 0 Å². The summed E-state index contributed by atoms with van der Waals surface area (Å²) in [5.41, 5.74) is 2.32. The van der Waals surface area contributed by atoms with Crippen molar-refractivity contribution in [2.75, 3.05) is 18.5 Å². The van der Waals surface area contributed by atoms with Gasteiger partial charge in [0.15, 0.2) is 5.13 Å². The quantitative estimate of drug-likeness (QED) is 0.645. The molecule has 0 saturated heterocycles. The average molecular weight is 307 g/mol. The Hall–Kier alpha value is -1.96. The first kappa shape index (κ1) is 15.4. The van der Waals surface area contributed by atoms with Gasteiger partial charge >= 0.3 is 0 Å². The first-order valence-electron chi connectivity index (χ1n) is 6.45. The molecule has 21 heavy (non-hydrogen) atoms. The number of anilines is 2. The second-order valence-electron chi connectivity index (χ2n) is 4.58. The zero-order valence-electron chi connectivity index (χ0n) is 11.5. The summed E-state index contributed by atoms with van der Waals surface area (Å²) in [7, 11) is 0. The number of amides is 1. The maximum atomic E-state index is 11.8. The third kappa shape index (κ3) is 4.52. The van der Waals surface area contributed by atoms with Crippen molar-refractivity contribution in [1.29, 1.82) is 0 Å². The van der Waals surface area contributed by atoms with E-state index in [0.717, 1.165) is 11.3 Å². The van der Waals surface area contributed by atoms with Gasteiger partial charge in [0.2, 0.25) is 0 Å². The number of carbonyl (C=O) groups excluding carboxylic acids is 1. The molecule has 0 saturated carbocycles. The predicted octanol–water partition coefficient (Wildman–Crippen LogP) is 1.28. The molecule has 112 valence electrons. The van der Waals surface area contributed by atoms with Gasteiger partial charge in [-0.3, -0.25) is 4.79 Å². The number of rotatable bonds is 6. The molecular formula is C14H17N3O3S. The van der Waals surface area contributed by atoms with Crippen LogP contribution >= 0.6 is 11.3 Å². The number of carbonyl (C=O) groups is 1. The van der Waals surface area contributed by atoms with E-state index in [0.29, 0.717) is 5.13 Å². The second-order valence-corrected chi connectivity index (χ2v) is 5.44. The van der Waals surface area contributed by atoms with Crippen LogP contribution in [0.4, 0.5) is 10.8 Å². The third-order valence-electron chi connectivity index (χ3n) is 2.72. The lowest BCUT2D eigenvalue weighted by atomic mass is 10.2. The van der Waals surface area contributed by atoms with Crippen LogP contribution in [0.3, 0.4) is 0 Å². The predicted molar refractivity (Wildman–Crippen MR) is 82.0 cm³/mol. The zero-order valence-corrected chi connectivity index (χ0v) is 12.4. The molecule has 1 atom stereocenters. The van der Waals surface area contributed by atoms with Crippen LogP contribution in [0.15, 0.2) is 29.6 Å². The van der Waals surface area contributed by atoms with Gasteiger partial charge in [0.05, 0.1) is 12.7 Å². The monoisotopic (exact) mass is 307 g/mol. The van der Waals surface area contributed by atoms with Crippen molar-refractivity contribution in [3.8, 4) is 0 Å². The zero-order chi connectivity index (χ0) is 15.2. The van der Waals surface area contributed by atoms with Crippen LogP contribution in [0.1, 0.15) is 16.1 Å². The fourth-order valence-corrected chi connectivity index (χ4v) is 2.36. The first-order valence-corrected chi connectivity index (χ1v) is 7.33. The van der Waals surface area contributed by atoms with Gasteiger partial charge in [-0.2, -0.15) is 0 Å². The van der Waals surface area contributed by atoms with Crippen LogP contribution in [0, 0.1) is 6.92 Å². The minimum absolute atomic E-state index is 0.00645. The minimum atomic E-state index is -0.961. The molecule has 1 aromatic carbocycles. The van der Waals surface area contributed by atoms with E-state index < -0.39 is 12.7 Å². The number of hydrogen-bond donors (Lipinski definition) is 4. The van der Waals surface area contributed by atoms with E-state index in [1.165, 1.54) is 11.3 Å². The van der Waals surface area contributed by atoms with Gasteiger partial charge < -0.3 is 20.8 Å². The second kappa shape index (κ2) is 7.16. The van der Waals surface area contributed by atoms with E-state index in [1.54, 1.807) is 5.38 Å². The Bertz CT molecular complexity index is 615. The van der Waals surface area contributed by atoms with Crippen LogP contribution in [-0.4, -0.2) is 40.4 Å². The number of aromatic nitrogens is 1. The molecule has 2 aromatic rings. The summed E-state index contributed by atoms with van der Waals surface area (Å²) in [6.45, 7) is 1.60. The number of hydrogen-bond acceptors (Lipinski definition) is 6. The maximum Gasteiger partial charge on any atom is 0.270 e. The summed E-state index contributed by atoms with van der Waals surface area (Å²) in [4.78, 5) is 16.0. The highest BCUT2D eigenvalue weighted by molar-refractivity contribution is 7.14. The van der Waals surface area contributed by atoms with Crippen molar-refractivity contribution in [3.05, 3.63) is 40.9 Å². The molecule has 0 aliphatic heterocycles. The lowest BCUT2D eigenvalue weighted by Gasteiger charge is -2.07. The Morgan fingerprint density at radius 3 is 3.00 bits per heavy atom. The van der Waals surface area contributed by atoms with Gasteiger partial charge in [0.1, 0.15) is 5.69 Å². The topological polar surface area (TPSA) is 94.5 Å². The molecule has 4 N–H and O–H groups in total. The van der Waals surface area contributed by atoms with Crippen LogP contribution in [-0.2, 0) is 0 Å². The van der Waals surface area contributed by atoms with Crippen LogP contribution in [0.5, 0.6) is 0 Å². The van der Waals surface area contributed by atoms with Crippen LogP contribution in [0.25, 0.3) is 0 Å². The molecule has 0 radical (unpaired) electrons. The molecule has 6 nitrogen and oxygen atoms in total. The number of benzene rings is 1.